The van der Waals surface area contributed by atoms with E-state index >= 15 is 0 Å². The Morgan fingerprint density at radius 2 is 2.14 bits per heavy atom. The van der Waals surface area contributed by atoms with Crippen molar-refractivity contribution in [2.45, 2.75) is 13.0 Å². The summed E-state index contributed by atoms with van der Waals surface area (Å²) in [5.74, 6) is 0.831. The summed E-state index contributed by atoms with van der Waals surface area (Å²) in [6.07, 6.45) is 0.515. The van der Waals surface area contributed by atoms with E-state index < -0.39 is 9.84 Å². The van der Waals surface area contributed by atoms with Crippen LogP contribution in [0.1, 0.15) is 11.7 Å². The highest BCUT2D eigenvalue weighted by Crippen LogP contribution is 2.04. The van der Waals surface area contributed by atoms with E-state index in [9.17, 15) is 13.2 Å². The molecule has 0 bridgehead atoms. The summed E-state index contributed by atoms with van der Waals surface area (Å²) in [5.41, 5.74) is 0. The Labute approximate surface area is 122 Å². The number of carbonyl (C=O) groups is 1. The van der Waals surface area contributed by atoms with Crippen molar-refractivity contribution in [3.8, 4) is 0 Å². The fourth-order valence-electron chi connectivity index (χ4n) is 1.83. The van der Waals surface area contributed by atoms with Crippen molar-refractivity contribution in [2.24, 2.45) is 0 Å². The lowest BCUT2D eigenvalue weighted by Gasteiger charge is -2.26. The van der Waals surface area contributed by atoms with Gasteiger partial charge in [-0.2, -0.15) is 4.98 Å². The van der Waals surface area contributed by atoms with Crippen LogP contribution in [-0.4, -0.2) is 67.8 Å². The lowest BCUT2D eigenvalue weighted by molar-refractivity contribution is 0.192. The van der Waals surface area contributed by atoms with Crippen LogP contribution in [0.5, 0.6) is 0 Å². The van der Waals surface area contributed by atoms with E-state index in [-0.39, 0.29) is 37.2 Å². The summed E-state index contributed by atoms with van der Waals surface area (Å²) in [7, 11) is -1.42. The van der Waals surface area contributed by atoms with Crippen LogP contribution < -0.4 is 5.32 Å². The summed E-state index contributed by atoms with van der Waals surface area (Å²) in [5, 5.41) is 6.38. The first-order valence-electron chi connectivity index (χ1n) is 6.54. The van der Waals surface area contributed by atoms with E-state index in [0.717, 1.165) is 0 Å². The first kappa shape index (κ1) is 15.7. The SMILES string of the molecule is COCCc1nc(CNC(=O)N2CCS(=O)(=O)CC2)no1. The van der Waals surface area contributed by atoms with Crippen LogP contribution >= 0.6 is 0 Å². The molecule has 0 unspecified atom stereocenters. The van der Waals surface area contributed by atoms with Gasteiger partial charge in [0.2, 0.25) is 5.89 Å². The number of hydrogen-bond donors (Lipinski definition) is 1. The maximum absolute atomic E-state index is 11.9. The average molecular weight is 318 g/mol. The number of hydrogen-bond acceptors (Lipinski definition) is 7. The molecule has 0 atom stereocenters. The number of rotatable bonds is 5. The normalized spacial score (nSPS) is 17.7. The highest BCUT2D eigenvalue weighted by atomic mass is 32.2. The molecular weight excluding hydrogens is 300 g/mol. The zero-order chi connectivity index (χ0) is 15.3. The monoisotopic (exact) mass is 318 g/mol. The fourth-order valence-corrected chi connectivity index (χ4v) is 3.04. The predicted octanol–water partition coefficient (Wildman–Crippen LogP) is -0.801. The van der Waals surface area contributed by atoms with Gasteiger partial charge in [0.25, 0.3) is 0 Å². The second-order valence-corrected chi connectivity index (χ2v) is 6.95. The number of aromatic nitrogens is 2. The molecular formula is C11H18N4O5S. The number of amides is 2. The van der Waals surface area contributed by atoms with Gasteiger partial charge in [-0.1, -0.05) is 5.16 Å². The Bertz CT molecular complexity index is 571. The zero-order valence-electron chi connectivity index (χ0n) is 11.7. The van der Waals surface area contributed by atoms with Crippen LogP contribution in [-0.2, 0) is 27.5 Å². The Morgan fingerprint density at radius 1 is 1.43 bits per heavy atom. The minimum absolute atomic E-state index is 0.00377. The molecule has 0 spiro atoms. The molecule has 2 rings (SSSR count). The van der Waals surface area contributed by atoms with E-state index in [0.29, 0.717) is 24.7 Å². The maximum atomic E-state index is 11.9. The molecule has 1 N–H and O–H groups in total. The van der Waals surface area contributed by atoms with Gasteiger partial charge in [0, 0.05) is 20.2 Å². The molecule has 2 heterocycles. The number of sulfone groups is 1. The average Bonchev–Trinajstić information content (AvgIpc) is 2.90. The summed E-state index contributed by atoms with van der Waals surface area (Å²) in [6.45, 7) is 1.04. The molecule has 1 saturated heterocycles. The standard InChI is InChI=1S/C11H18N4O5S/c1-19-5-2-10-13-9(14-20-10)8-12-11(16)15-3-6-21(17,18)7-4-15/h2-8H2,1H3,(H,12,16). The predicted molar refractivity (Wildman–Crippen MR) is 72.3 cm³/mol. The minimum Gasteiger partial charge on any atom is -0.384 e. The first-order chi connectivity index (χ1) is 10.00. The molecule has 0 aliphatic carbocycles. The van der Waals surface area contributed by atoms with E-state index in [4.69, 9.17) is 9.26 Å². The largest absolute Gasteiger partial charge is 0.384 e. The molecule has 0 aromatic carbocycles. The third-order valence-electron chi connectivity index (χ3n) is 3.06. The number of methoxy groups -OCH3 is 1. The molecule has 1 fully saturated rings. The zero-order valence-corrected chi connectivity index (χ0v) is 12.6. The maximum Gasteiger partial charge on any atom is 0.317 e. The Hall–Kier alpha value is -1.68. The summed E-state index contributed by atoms with van der Waals surface area (Å²) in [6, 6.07) is -0.326. The van der Waals surface area contributed by atoms with Crippen LogP contribution in [0.4, 0.5) is 4.79 Å². The van der Waals surface area contributed by atoms with Crippen molar-refractivity contribution >= 4 is 15.9 Å². The van der Waals surface area contributed by atoms with Gasteiger partial charge < -0.3 is 19.5 Å². The molecule has 10 heteroatoms. The highest BCUT2D eigenvalue weighted by molar-refractivity contribution is 7.91. The molecule has 118 valence electrons. The first-order valence-corrected chi connectivity index (χ1v) is 8.36. The number of nitrogens with one attached hydrogen (secondary N) is 1. The van der Waals surface area contributed by atoms with Crippen LogP contribution in [0.2, 0.25) is 0 Å². The van der Waals surface area contributed by atoms with Gasteiger partial charge in [0.1, 0.15) is 0 Å². The van der Waals surface area contributed by atoms with Crippen molar-refractivity contribution in [1.29, 1.82) is 0 Å². The van der Waals surface area contributed by atoms with E-state index in [2.05, 4.69) is 15.5 Å². The molecule has 21 heavy (non-hydrogen) atoms. The number of urea groups is 1. The van der Waals surface area contributed by atoms with Crippen molar-refractivity contribution in [3.05, 3.63) is 11.7 Å². The second kappa shape index (κ2) is 6.85. The minimum atomic E-state index is -3.00. The van der Waals surface area contributed by atoms with Gasteiger partial charge in [-0.25, -0.2) is 13.2 Å². The molecule has 1 aliphatic heterocycles. The number of ether oxygens (including phenoxy) is 1. The lowest BCUT2D eigenvalue weighted by atomic mass is 10.4. The molecule has 1 aromatic rings. The summed E-state index contributed by atoms with van der Waals surface area (Å²) in [4.78, 5) is 17.4. The van der Waals surface area contributed by atoms with Crippen molar-refractivity contribution < 1.29 is 22.5 Å². The van der Waals surface area contributed by atoms with Gasteiger partial charge in [-0.3, -0.25) is 0 Å². The molecule has 1 aromatic heterocycles. The summed E-state index contributed by atoms with van der Waals surface area (Å²) >= 11 is 0. The Kier molecular flexibility index (Phi) is 5.12. The third-order valence-corrected chi connectivity index (χ3v) is 4.67. The molecule has 0 saturated carbocycles. The van der Waals surface area contributed by atoms with Gasteiger partial charge >= 0.3 is 6.03 Å². The van der Waals surface area contributed by atoms with Crippen LogP contribution in [0, 0.1) is 0 Å². The number of carbonyl (C=O) groups excluding carboxylic acids is 1. The lowest BCUT2D eigenvalue weighted by Crippen LogP contribution is -2.48. The topological polar surface area (TPSA) is 115 Å². The summed E-state index contributed by atoms with van der Waals surface area (Å²) < 4.78 is 32.5. The fraction of sp³-hybridized carbons (Fsp3) is 0.727. The van der Waals surface area contributed by atoms with Gasteiger partial charge in [0.15, 0.2) is 15.7 Å². The van der Waals surface area contributed by atoms with Crippen molar-refractivity contribution in [3.63, 3.8) is 0 Å². The van der Waals surface area contributed by atoms with Crippen LogP contribution in [0.15, 0.2) is 4.52 Å². The molecule has 0 radical (unpaired) electrons. The van der Waals surface area contributed by atoms with Crippen LogP contribution in [0.25, 0.3) is 0 Å². The quantitative estimate of drug-likeness (QED) is 0.755. The van der Waals surface area contributed by atoms with Crippen molar-refractivity contribution in [1.82, 2.24) is 20.4 Å². The van der Waals surface area contributed by atoms with E-state index in [1.807, 2.05) is 0 Å². The highest BCUT2D eigenvalue weighted by Gasteiger charge is 2.24. The van der Waals surface area contributed by atoms with Gasteiger partial charge in [-0.15, -0.1) is 0 Å². The molecule has 9 nitrogen and oxygen atoms in total. The Morgan fingerprint density at radius 3 is 2.81 bits per heavy atom. The third kappa shape index (κ3) is 4.67. The van der Waals surface area contributed by atoms with Crippen LogP contribution in [0.3, 0.4) is 0 Å². The van der Waals surface area contributed by atoms with Gasteiger partial charge in [-0.05, 0) is 0 Å². The molecule has 2 amide bonds. The molecule has 1 aliphatic rings. The number of nitrogens with zero attached hydrogens (tertiary/aromatic N) is 3. The Balaban J connectivity index is 1.77. The van der Waals surface area contributed by atoms with E-state index in [1.165, 1.54) is 4.90 Å². The smallest absolute Gasteiger partial charge is 0.317 e. The van der Waals surface area contributed by atoms with Gasteiger partial charge in [0.05, 0.1) is 31.1 Å². The second-order valence-electron chi connectivity index (χ2n) is 4.64. The van der Waals surface area contributed by atoms with Crippen molar-refractivity contribution in [2.75, 3.05) is 38.3 Å². The van der Waals surface area contributed by atoms with E-state index in [1.54, 1.807) is 7.11 Å².